The van der Waals surface area contributed by atoms with Gasteiger partial charge < -0.3 is 15.3 Å². The monoisotopic (exact) mass is 380 g/mol. The maximum atomic E-state index is 14.4. The molecule has 2 fully saturated rings. The van der Waals surface area contributed by atoms with E-state index in [1.165, 1.54) is 12.1 Å². The number of amides is 1. The Morgan fingerprint density at radius 3 is 2.79 bits per heavy atom. The van der Waals surface area contributed by atoms with Crippen molar-refractivity contribution < 1.29 is 14.3 Å². The number of nitrogens with zero attached hydrogens (tertiary/aromatic N) is 3. The summed E-state index contributed by atoms with van der Waals surface area (Å²) in [6, 6.07) is 6.87. The van der Waals surface area contributed by atoms with E-state index in [2.05, 4.69) is 16.4 Å². The third kappa shape index (κ3) is 3.56. The topological polar surface area (TPSA) is 89.2 Å². The van der Waals surface area contributed by atoms with Gasteiger partial charge in [-0.05, 0) is 55.5 Å². The van der Waals surface area contributed by atoms with Gasteiger partial charge >= 0.3 is 0 Å². The number of halogens is 1. The second-order valence-electron chi connectivity index (χ2n) is 7.49. The molecule has 1 aliphatic carbocycles. The van der Waals surface area contributed by atoms with Crippen LogP contribution in [0.5, 0.6) is 0 Å². The molecule has 1 unspecified atom stereocenters. The van der Waals surface area contributed by atoms with E-state index in [4.69, 9.17) is 0 Å². The zero-order chi connectivity index (χ0) is 19.8. The van der Waals surface area contributed by atoms with Crippen LogP contribution in [0.15, 0.2) is 24.4 Å². The minimum atomic E-state index is -0.560. The van der Waals surface area contributed by atoms with Crippen molar-refractivity contribution in [3.63, 3.8) is 0 Å². The first-order chi connectivity index (χ1) is 13.5. The molecule has 0 radical (unpaired) electrons. The van der Waals surface area contributed by atoms with E-state index < -0.39 is 17.8 Å². The molecular formula is C21H21FN4O2. The molecule has 2 aliphatic rings. The highest BCUT2D eigenvalue weighted by molar-refractivity contribution is 5.96. The molecule has 1 aromatic heterocycles. The van der Waals surface area contributed by atoms with Crippen LogP contribution in [0.4, 0.5) is 10.2 Å². The third-order valence-corrected chi connectivity index (χ3v) is 5.23. The summed E-state index contributed by atoms with van der Waals surface area (Å²) in [6.45, 7) is 2.85. The molecule has 1 saturated heterocycles. The fraction of sp³-hybridized carbons (Fsp3) is 0.381. The summed E-state index contributed by atoms with van der Waals surface area (Å²) in [7, 11) is 0. The predicted molar refractivity (Wildman–Crippen MR) is 102 cm³/mol. The first kappa shape index (κ1) is 18.4. The van der Waals surface area contributed by atoms with E-state index in [0.29, 0.717) is 47.6 Å². The van der Waals surface area contributed by atoms with Gasteiger partial charge in [-0.1, -0.05) is 0 Å². The van der Waals surface area contributed by atoms with Gasteiger partial charge in [0, 0.05) is 30.9 Å². The molecule has 1 amide bonds. The second kappa shape index (κ2) is 7.21. The number of hydrogen-bond donors (Lipinski definition) is 2. The number of nitrogens with one attached hydrogen (secondary N) is 1. The van der Waals surface area contributed by atoms with Crippen molar-refractivity contribution in [2.24, 2.45) is 0 Å². The number of benzene rings is 1. The molecule has 1 aromatic carbocycles. The van der Waals surface area contributed by atoms with Crippen molar-refractivity contribution in [3.8, 4) is 17.2 Å². The number of aromatic nitrogens is 1. The lowest BCUT2D eigenvalue weighted by Crippen LogP contribution is -2.26. The average molecular weight is 380 g/mol. The summed E-state index contributed by atoms with van der Waals surface area (Å²) in [4.78, 5) is 18.7. The smallest absolute Gasteiger partial charge is 0.254 e. The van der Waals surface area contributed by atoms with E-state index in [1.54, 1.807) is 19.2 Å². The third-order valence-electron chi connectivity index (χ3n) is 5.23. The SMILES string of the molecule is Cc1cc(F)c(C(=O)NC2CC2)cc1-c1cnc(N2CCC(O)C2)c(C#N)c1. The van der Waals surface area contributed by atoms with Crippen LogP contribution in [0.25, 0.3) is 11.1 Å². The van der Waals surface area contributed by atoms with Gasteiger partial charge in [0.15, 0.2) is 0 Å². The van der Waals surface area contributed by atoms with E-state index in [-0.39, 0.29) is 11.6 Å². The number of pyridine rings is 1. The van der Waals surface area contributed by atoms with Crippen molar-refractivity contribution in [1.29, 1.82) is 5.26 Å². The number of β-amino-alcohol motifs (C(OH)–C–C–N with tert-alkyl or cyclic N) is 1. The maximum absolute atomic E-state index is 14.4. The van der Waals surface area contributed by atoms with Gasteiger partial charge in [0.05, 0.1) is 17.2 Å². The van der Waals surface area contributed by atoms with Crippen LogP contribution in [0.1, 0.15) is 40.7 Å². The minimum absolute atomic E-state index is 0.00208. The van der Waals surface area contributed by atoms with Gasteiger partial charge in [-0.25, -0.2) is 9.37 Å². The van der Waals surface area contributed by atoms with Crippen LogP contribution < -0.4 is 10.2 Å². The summed E-state index contributed by atoms with van der Waals surface area (Å²) in [6.07, 6.45) is 3.71. The van der Waals surface area contributed by atoms with Gasteiger partial charge in [-0.3, -0.25) is 4.79 Å². The number of aryl methyl sites for hydroxylation is 1. The summed E-state index contributed by atoms with van der Waals surface area (Å²) in [5, 5.41) is 22.1. The van der Waals surface area contributed by atoms with E-state index in [0.717, 1.165) is 12.8 Å². The molecule has 1 aliphatic heterocycles. The van der Waals surface area contributed by atoms with Crippen LogP contribution >= 0.6 is 0 Å². The summed E-state index contributed by atoms with van der Waals surface area (Å²) < 4.78 is 14.4. The van der Waals surface area contributed by atoms with Crippen molar-refractivity contribution in [2.45, 2.75) is 38.3 Å². The van der Waals surface area contributed by atoms with Crippen LogP contribution in [0.3, 0.4) is 0 Å². The first-order valence-corrected chi connectivity index (χ1v) is 9.41. The van der Waals surface area contributed by atoms with Crippen LogP contribution in [0.2, 0.25) is 0 Å². The van der Waals surface area contributed by atoms with Crippen LogP contribution in [-0.4, -0.2) is 41.2 Å². The summed E-state index contributed by atoms with van der Waals surface area (Å²) in [5.74, 6) is -0.442. The lowest BCUT2D eigenvalue weighted by Gasteiger charge is -2.19. The highest BCUT2D eigenvalue weighted by Gasteiger charge is 2.26. The summed E-state index contributed by atoms with van der Waals surface area (Å²) >= 11 is 0. The van der Waals surface area contributed by atoms with Gasteiger partial charge in [0.25, 0.3) is 5.91 Å². The largest absolute Gasteiger partial charge is 0.391 e. The molecule has 1 atom stereocenters. The normalized spacial score (nSPS) is 18.8. The fourth-order valence-corrected chi connectivity index (χ4v) is 3.52. The number of rotatable bonds is 4. The Labute approximate surface area is 162 Å². The fourth-order valence-electron chi connectivity index (χ4n) is 3.52. The molecule has 2 heterocycles. The molecule has 4 rings (SSSR count). The molecule has 2 aromatic rings. The Morgan fingerprint density at radius 2 is 2.14 bits per heavy atom. The van der Waals surface area contributed by atoms with E-state index >= 15 is 0 Å². The van der Waals surface area contributed by atoms with Crippen molar-refractivity contribution in [3.05, 3.63) is 46.9 Å². The molecule has 144 valence electrons. The highest BCUT2D eigenvalue weighted by atomic mass is 19.1. The zero-order valence-corrected chi connectivity index (χ0v) is 15.6. The van der Waals surface area contributed by atoms with Crippen LogP contribution in [-0.2, 0) is 0 Å². The number of anilines is 1. The molecule has 7 heteroatoms. The second-order valence-corrected chi connectivity index (χ2v) is 7.49. The summed E-state index contributed by atoms with van der Waals surface area (Å²) in [5.41, 5.74) is 2.37. The van der Waals surface area contributed by atoms with Gasteiger partial charge in [0.1, 0.15) is 17.7 Å². The van der Waals surface area contributed by atoms with E-state index in [1.807, 2.05) is 4.90 Å². The minimum Gasteiger partial charge on any atom is -0.391 e. The van der Waals surface area contributed by atoms with Gasteiger partial charge in [-0.15, -0.1) is 0 Å². The standard InChI is InChI=1S/C21H21FN4O2/c1-12-6-19(22)18(21(28)25-15-2-3-15)8-17(12)14-7-13(9-23)20(24-10-14)26-5-4-16(27)11-26/h6-8,10,15-16,27H,2-5,11H2,1H3,(H,25,28). The Morgan fingerprint density at radius 1 is 1.36 bits per heavy atom. The molecule has 1 saturated carbocycles. The number of aliphatic hydroxyl groups is 1. The molecule has 0 bridgehead atoms. The quantitative estimate of drug-likeness (QED) is 0.851. The molecular weight excluding hydrogens is 359 g/mol. The van der Waals surface area contributed by atoms with Crippen LogP contribution in [0, 0.1) is 24.1 Å². The Hall–Kier alpha value is -2.98. The molecule has 0 spiro atoms. The van der Waals surface area contributed by atoms with E-state index in [9.17, 15) is 19.6 Å². The molecule has 2 N–H and O–H groups in total. The predicted octanol–water partition coefficient (Wildman–Crippen LogP) is 2.53. The van der Waals surface area contributed by atoms with Crippen molar-refractivity contribution in [2.75, 3.05) is 18.0 Å². The zero-order valence-electron chi connectivity index (χ0n) is 15.6. The number of aliphatic hydroxyl groups excluding tert-OH is 1. The first-order valence-electron chi connectivity index (χ1n) is 9.41. The Balaban J connectivity index is 1.70. The Kier molecular flexibility index (Phi) is 4.73. The highest BCUT2D eigenvalue weighted by Crippen LogP contribution is 2.31. The van der Waals surface area contributed by atoms with Gasteiger partial charge in [-0.2, -0.15) is 5.26 Å². The lowest BCUT2D eigenvalue weighted by atomic mass is 9.97. The number of carbonyl (C=O) groups is 1. The van der Waals surface area contributed by atoms with Crippen molar-refractivity contribution in [1.82, 2.24) is 10.3 Å². The number of hydrogen-bond acceptors (Lipinski definition) is 5. The number of carbonyl (C=O) groups excluding carboxylic acids is 1. The maximum Gasteiger partial charge on any atom is 0.254 e. The average Bonchev–Trinajstić information content (AvgIpc) is 3.38. The van der Waals surface area contributed by atoms with Gasteiger partial charge in [0.2, 0.25) is 0 Å². The Bertz CT molecular complexity index is 981. The lowest BCUT2D eigenvalue weighted by molar-refractivity contribution is 0.0947. The van der Waals surface area contributed by atoms with Crippen molar-refractivity contribution >= 4 is 11.7 Å². The molecule has 28 heavy (non-hydrogen) atoms. The molecule has 6 nitrogen and oxygen atoms in total. The number of nitriles is 1.